The third-order valence-corrected chi connectivity index (χ3v) is 6.54. The number of aromatic nitrogens is 2. The molecule has 188 valence electrons. The quantitative estimate of drug-likeness (QED) is 0.628. The van der Waals surface area contributed by atoms with E-state index >= 15 is 0 Å². The summed E-state index contributed by atoms with van der Waals surface area (Å²) < 4.78 is 26.3. The largest absolute Gasteiger partial charge is 0.501 e. The molecule has 2 N–H and O–H groups in total. The first-order valence-electron chi connectivity index (χ1n) is 11.6. The first kappa shape index (κ1) is 24.6. The highest BCUT2D eigenvalue weighted by atomic mass is 19.1. The van der Waals surface area contributed by atoms with Gasteiger partial charge >= 0.3 is 0 Å². The molecule has 0 saturated heterocycles. The van der Waals surface area contributed by atoms with Gasteiger partial charge < -0.3 is 24.8 Å². The number of ether oxygens (including phenoxy) is 2. The van der Waals surface area contributed by atoms with E-state index in [0.717, 1.165) is 0 Å². The van der Waals surface area contributed by atoms with Crippen LogP contribution >= 0.6 is 0 Å². The van der Waals surface area contributed by atoms with Crippen LogP contribution in [0.4, 0.5) is 4.39 Å². The number of benzene rings is 1. The van der Waals surface area contributed by atoms with E-state index in [1.54, 1.807) is 7.05 Å². The second kappa shape index (κ2) is 10.4. The lowest BCUT2D eigenvalue weighted by molar-refractivity contribution is -0.132. The van der Waals surface area contributed by atoms with Crippen LogP contribution in [0.15, 0.2) is 23.0 Å². The Morgan fingerprint density at radius 3 is 2.80 bits per heavy atom. The summed E-state index contributed by atoms with van der Waals surface area (Å²) in [6, 6.07) is 3.40. The average Bonchev–Trinajstić information content (AvgIpc) is 3.03. The Balaban J connectivity index is 1.78. The van der Waals surface area contributed by atoms with E-state index in [2.05, 4.69) is 10.3 Å². The summed E-state index contributed by atoms with van der Waals surface area (Å²) in [4.78, 5) is 45.0. The lowest BCUT2D eigenvalue weighted by atomic mass is 10.1. The zero-order chi connectivity index (χ0) is 25.1. The van der Waals surface area contributed by atoms with Crippen LogP contribution in [0.3, 0.4) is 0 Å². The highest BCUT2D eigenvalue weighted by Gasteiger charge is 2.33. The van der Waals surface area contributed by atoms with Crippen molar-refractivity contribution >= 4 is 11.8 Å². The number of fused-ring (bicyclic) bond motifs is 2. The molecule has 0 radical (unpaired) electrons. The number of amides is 2. The fourth-order valence-electron chi connectivity index (χ4n) is 4.46. The number of hydrogen-bond donors (Lipinski definition) is 2. The Labute approximate surface area is 201 Å². The van der Waals surface area contributed by atoms with Gasteiger partial charge in [-0.25, -0.2) is 9.37 Å². The molecule has 0 saturated carbocycles. The van der Waals surface area contributed by atoms with Crippen LogP contribution in [0, 0.1) is 5.82 Å². The molecule has 2 atom stereocenters. The van der Waals surface area contributed by atoms with Crippen molar-refractivity contribution in [3.05, 3.63) is 51.5 Å². The number of carbonyl (C=O) groups excluding carboxylic acids is 2. The molecule has 35 heavy (non-hydrogen) atoms. The molecule has 4 rings (SSSR count). The lowest BCUT2D eigenvalue weighted by Crippen LogP contribution is -2.37. The van der Waals surface area contributed by atoms with Gasteiger partial charge in [-0.15, -0.1) is 0 Å². The van der Waals surface area contributed by atoms with Crippen molar-refractivity contribution < 1.29 is 28.6 Å². The molecule has 11 heteroatoms. The van der Waals surface area contributed by atoms with Gasteiger partial charge in [0, 0.05) is 38.8 Å². The molecule has 2 aromatic rings. The standard InChI is InChI=1S/C24H29FN4O6/c1-28-17-9-8-16(34-2)13-29-22(17)27-20(21(31)24(29)33)23(32)26-12-14-6-7-15(25)11-18(14)35-10-4-3-5-19(28)30/h6-7,11,16-17,31H,3-5,8-10,12-13H2,1-2H3,(H,26,32)/t16-,17?/m0/s1. The molecule has 10 nitrogen and oxygen atoms in total. The summed E-state index contributed by atoms with van der Waals surface area (Å²) in [7, 11) is 3.18. The van der Waals surface area contributed by atoms with Gasteiger partial charge in [0.25, 0.3) is 11.5 Å². The molecule has 2 aliphatic rings. The number of aromatic hydroxyl groups is 1. The van der Waals surface area contributed by atoms with Crippen LogP contribution in [0.25, 0.3) is 0 Å². The minimum absolute atomic E-state index is 0.0262. The molecule has 1 aromatic carbocycles. The molecular weight excluding hydrogens is 459 g/mol. The Bertz CT molecular complexity index is 1180. The Hall–Kier alpha value is -3.47. The second-order valence-electron chi connectivity index (χ2n) is 8.78. The van der Waals surface area contributed by atoms with Crippen molar-refractivity contribution in [1.82, 2.24) is 19.8 Å². The van der Waals surface area contributed by atoms with Crippen LogP contribution in [0.2, 0.25) is 0 Å². The van der Waals surface area contributed by atoms with Gasteiger partial charge in [0.2, 0.25) is 11.7 Å². The summed E-state index contributed by atoms with van der Waals surface area (Å²) in [5.41, 5.74) is -0.684. The molecule has 0 fully saturated rings. The minimum atomic E-state index is -0.785. The van der Waals surface area contributed by atoms with E-state index < -0.39 is 34.8 Å². The van der Waals surface area contributed by atoms with E-state index in [0.29, 0.717) is 31.2 Å². The van der Waals surface area contributed by atoms with Gasteiger partial charge in [0.1, 0.15) is 17.4 Å². The third kappa shape index (κ3) is 5.14. The van der Waals surface area contributed by atoms with Crippen LogP contribution in [0.5, 0.6) is 11.5 Å². The number of nitrogens with zero attached hydrogens (tertiary/aromatic N) is 3. The zero-order valence-electron chi connectivity index (χ0n) is 19.8. The van der Waals surface area contributed by atoms with Gasteiger partial charge in [-0.05, 0) is 31.7 Å². The van der Waals surface area contributed by atoms with E-state index in [1.165, 1.54) is 34.8 Å². The van der Waals surface area contributed by atoms with Crippen LogP contribution < -0.4 is 15.6 Å². The van der Waals surface area contributed by atoms with Gasteiger partial charge in [-0.3, -0.25) is 19.0 Å². The molecule has 3 heterocycles. The van der Waals surface area contributed by atoms with Crippen molar-refractivity contribution in [1.29, 1.82) is 0 Å². The predicted molar refractivity (Wildman–Crippen MR) is 123 cm³/mol. The molecule has 1 aromatic heterocycles. The van der Waals surface area contributed by atoms with Gasteiger partial charge in [-0.1, -0.05) is 6.07 Å². The van der Waals surface area contributed by atoms with Gasteiger partial charge in [0.15, 0.2) is 5.69 Å². The highest BCUT2D eigenvalue weighted by molar-refractivity contribution is 5.94. The maximum atomic E-state index is 13.8. The van der Waals surface area contributed by atoms with E-state index in [9.17, 15) is 23.9 Å². The molecule has 2 aliphatic heterocycles. The normalized spacial score (nSPS) is 21.5. The Morgan fingerprint density at radius 1 is 1.23 bits per heavy atom. The highest BCUT2D eigenvalue weighted by Crippen LogP contribution is 2.30. The SMILES string of the molecule is CO[C@H]1CCC2c3nc(c(O)c(=O)n3C1)C(=O)NCc1ccc(F)cc1OCCCCC(=O)N2C. The molecule has 0 aliphatic carbocycles. The fraction of sp³-hybridized carbons (Fsp3) is 0.500. The summed E-state index contributed by atoms with van der Waals surface area (Å²) in [6.45, 7) is 0.394. The van der Waals surface area contributed by atoms with Crippen LogP contribution in [0.1, 0.15) is 60.0 Å². The zero-order valence-corrected chi connectivity index (χ0v) is 19.8. The maximum absolute atomic E-state index is 13.8. The predicted octanol–water partition coefficient (Wildman–Crippen LogP) is 1.89. The summed E-state index contributed by atoms with van der Waals surface area (Å²) in [6.07, 6.45) is 2.09. The van der Waals surface area contributed by atoms with Crippen LogP contribution in [-0.2, 0) is 22.6 Å². The van der Waals surface area contributed by atoms with Crippen molar-refractivity contribution in [2.45, 2.75) is 57.3 Å². The van der Waals surface area contributed by atoms with E-state index in [1.807, 2.05) is 0 Å². The molecule has 1 unspecified atom stereocenters. The number of halogens is 1. The second-order valence-corrected chi connectivity index (χ2v) is 8.78. The minimum Gasteiger partial charge on any atom is -0.501 e. The Morgan fingerprint density at radius 2 is 2.03 bits per heavy atom. The number of methoxy groups -OCH3 is 1. The smallest absolute Gasteiger partial charge is 0.296 e. The van der Waals surface area contributed by atoms with Crippen molar-refractivity contribution in [2.24, 2.45) is 0 Å². The summed E-state index contributed by atoms with van der Waals surface area (Å²) in [5.74, 6) is -1.70. The molecule has 2 bridgehead atoms. The molecule has 0 spiro atoms. The van der Waals surface area contributed by atoms with Crippen molar-refractivity contribution in [3.8, 4) is 11.5 Å². The first-order valence-corrected chi connectivity index (χ1v) is 11.6. The van der Waals surface area contributed by atoms with Crippen molar-refractivity contribution in [2.75, 3.05) is 20.8 Å². The summed E-state index contributed by atoms with van der Waals surface area (Å²) >= 11 is 0. The lowest BCUT2D eigenvalue weighted by Gasteiger charge is -2.28. The van der Waals surface area contributed by atoms with E-state index in [-0.39, 0.29) is 49.7 Å². The van der Waals surface area contributed by atoms with Gasteiger partial charge in [0.05, 0.1) is 25.3 Å². The van der Waals surface area contributed by atoms with Gasteiger partial charge in [-0.2, -0.15) is 0 Å². The average molecular weight is 489 g/mol. The monoisotopic (exact) mass is 488 g/mol. The number of nitrogens with one attached hydrogen (secondary N) is 1. The van der Waals surface area contributed by atoms with Crippen molar-refractivity contribution in [3.63, 3.8) is 0 Å². The number of rotatable bonds is 1. The topological polar surface area (TPSA) is 123 Å². The number of carbonyl (C=O) groups is 2. The fourth-order valence-corrected chi connectivity index (χ4v) is 4.46. The Kier molecular flexibility index (Phi) is 7.34. The van der Waals surface area contributed by atoms with E-state index in [4.69, 9.17) is 9.47 Å². The maximum Gasteiger partial charge on any atom is 0.296 e. The molecular formula is C24H29FN4O6. The first-order chi connectivity index (χ1) is 16.8. The molecule has 2 amide bonds. The summed E-state index contributed by atoms with van der Waals surface area (Å²) in [5, 5.41) is 13.2. The number of hydrogen-bond acceptors (Lipinski definition) is 7. The van der Waals surface area contributed by atoms with Crippen LogP contribution in [-0.4, -0.2) is 58.2 Å². The third-order valence-electron chi connectivity index (χ3n) is 6.54.